The van der Waals surface area contributed by atoms with Gasteiger partial charge in [-0.25, -0.2) is 14.8 Å². The van der Waals surface area contributed by atoms with Crippen molar-refractivity contribution in [1.82, 2.24) is 9.97 Å². The van der Waals surface area contributed by atoms with Crippen LogP contribution in [0.15, 0.2) is 6.20 Å². The Hall–Kier alpha value is -1.69. The molecule has 0 aliphatic carbocycles. The maximum atomic E-state index is 10.8. The maximum absolute atomic E-state index is 10.8. The minimum atomic E-state index is -1.01. The molecule has 0 aromatic carbocycles. The Kier molecular flexibility index (Phi) is 3.47. The summed E-state index contributed by atoms with van der Waals surface area (Å²) in [5.41, 5.74) is 0.407. The molecule has 2 N–H and O–H groups in total. The molecule has 0 spiro atoms. The van der Waals surface area contributed by atoms with Gasteiger partial charge in [-0.3, -0.25) is 0 Å². The Morgan fingerprint density at radius 3 is 3.00 bits per heavy atom. The molecule has 6 nitrogen and oxygen atoms in total. The van der Waals surface area contributed by atoms with Crippen molar-refractivity contribution >= 4 is 11.9 Å². The number of carboxylic acid groups (broad SMARTS) is 1. The smallest absolute Gasteiger partial charge is 0.339 e. The fourth-order valence-corrected chi connectivity index (χ4v) is 2.00. The van der Waals surface area contributed by atoms with Gasteiger partial charge in [-0.15, -0.1) is 0 Å². The van der Waals surface area contributed by atoms with E-state index in [2.05, 4.69) is 15.3 Å². The molecule has 0 saturated carbocycles. The van der Waals surface area contributed by atoms with Crippen LogP contribution in [0, 0.1) is 6.92 Å². The topological polar surface area (TPSA) is 84.3 Å². The summed E-state index contributed by atoms with van der Waals surface area (Å²) in [4.78, 5) is 19.0. The first-order chi connectivity index (χ1) is 8.50. The number of hydrogen-bond acceptors (Lipinski definition) is 5. The van der Waals surface area contributed by atoms with Crippen molar-refractivity contribution in [2.24, 2.45) is 0 Å². The third-order valence-corrected chi connectivity index (χ3v) is 3.13. The van der Waals surface area contributed by atoms with Gasteiger partial charge in [0.25, 0.3) is 0 Å². The molecule has 1 aromatic heterocycles. The molecular formula is C12H17N3O3. The van der Waals surface area contributed by atoms with Crippen molar-refractivity contribution in [3.63, 3.8) is 0 Å². The van der Waals surface area contributed by atoms with Gasteiger partial charge in [-0.05, 0) is 26.7 Å². The molecule has 2 heterocycles. The number of rotatable bonds is 4. The van der Waals surface area contributed by atoms with Gasteiger partial charge in [0.1, 0.15) is 0 Å². The second kappa shape index (κ2) is 4.89. The average molecular weight is 251 g/mol. The summed E-state index contributed by atoms with van der Waals surface area (Å²) < 4.78 is 5.64. The zero-order chi connectivity index (χ0) is 13.2. The van der Waals surface area contributed by atoms with Crippen LogP contribution in [-0.4, -0.2) is 39.8 Å². The van der Waals surface area contributed by atoms with Gasteiger partial charge < -0.3 is 15.2 Å². The van der Waals surface area contributed by atoms with Crippen LogP contribution in [0.25, 0.3) is 0 Å². The van der Waals surface area contributed by atoms with Crippen molar-refractivity contribution in [3.05, 3.63) is 17.5 Å². The second-order valence-electron chi connectivity index (χ2n) is 4.75. The number of nitrogens with one attached hydrogen (secondary N) is 1. The van der Waals surface area contributed by atoms with Gasteiger partial charge in [0.2, 0.25) is 5.95 Å². The lowest BCUT2D eigenvalue weighted by atomic mass is 10.0. The van der Waals surface area contributed by atoms with E-state index in [0.717, 1.165) is 19.4 Å². The highest BCUT2D eigenvalue weighted by atomic mass is 16.5. The van der Waals surface area contributed by atoms with Gasteiger partial charge in [0, 0.05) is 19.3 Å². The monoisotopic (exact) mass is 251 g/mol. The second-order valence-corrected chi connectivity index (χ2v) is 4.75. The van der Waals surface area contributed by atoms with E-state index in [9.17, 15) is 4.79 Å². The number of aryl methyl sites for hydroxylation is 1. The first kappa shape index (κ1) is 12.8. The van der Waals surface area contributed by atoms with Crippen LogP contribution < -0.4 is 5.32 Å². The number of aromatic nitrogens is 2. The summed E-state index contributed by atoms with van der Waals surface area (Å²) >= 11 is 0. The molecule has 1 aliphatic heterocycles. The van der Waals surface area contributed by atoms with E-state index in [4.69, 9.17) is 9.84 Å². The van der Waals surface area contributed by atoms with Crippen LogP contribution >= 0.6 is 0 Å². The summed E-state index contributed by atoms with van der Waals surface area (Å²) in [6.07, 6.45) is 3.40. The van der Waals surface area contributed by atoms with Crippen LogP contribution in [0.1, 0.15) is 35.8 Å². The van der Waals surface area contributed by atoms with Gasteiger partial charge in [0.15, 0.2) is 0 Å². The van der Waals surface area contributed by atoms with Crippen molar-refractivity contribution < 1.29 is 14.6 Å². The number of ether oxygens (including phenoxy) is 1. The number of anilines is 1. The van der Waals surface area contributed by atoms with Crippen LogP contribution in [0.5, 0.6) is 0 Å². The summed E-state index contributed by atoms with van der Waals surface area (Å²) in [5.74, 6) is -0.570. The average Bonchev–Trinajstić information content (AvgIpc) is 2.74. The molecule has 6 heteroatoms. The Bertz CT molecular complexity index is 456. The summed E-state index contributed by atoms with van der Waals surface area (Å²) in [7, 11) is 0. The fraction of sp³-hybridized carbons (Fsp3) is 0.583. The molecule has 2 rings (SSSR count). The zero-order valence-electron chi connectivity index (χ0n) is 10.6. The van der Waals surface area contributed by atoms with Crippen LogP contribution in [0.4, 0.5) is 5.95 Å². The minimum Gasteiger partial charge on any atom is -0.478 e. The normalized spacial score (nSPS) is 23.0. The predicted molar refractivity (Wildman–Crippen MR) is 65.8 cm³/mol. The molecule has 98 valence electrons. The largest absolute Gasteiger partial charge is 0.478 e. The van der Waals surface area contributed by atoms with Gasteiger partial charge in [0.05, 0.1) is 16.9 Å². The Morgan fingerprint density at radius 2 is 2.44 bits per heavy atom. The van der Waals surface area contributed by atoms with Crippen molar-refractivity contribution in [3.8, 4) is 0 Å². The highest BCUT2D eigenvalue weighted by molar-refractivity contribution is 5.88. The minimum absolute atomic E-state index is 0.129. The number of nitrogens with zero attached hydrogens (tertiary/aromatic N) is 2. The highest BCUT2D eigenvalue weighted by Gasteiger charge is 2.29. The molecule has 18 heavy (non-hydrogen) atoms. The molecule has 1 aromatic rings. The SMILES string of the molecule is Cc1nc(NCC2(C)CCCO2)ncc1C(=O)O. The molecule has 1 saturated heterocycles. The third-order valence-electron chi connectivity index (χ3n) is 3.13. The van der Waals surface area contributed by atoms with Gasteiger partial charge >= 0.3 is 5.97 Å². The molecule has 0 radical (unpaired) electrons. The Labute approximate surface area is 105 Å². The summed E-state index contributed by atoms with van der Waals surface area (Å²) in [5, 5.41) is 12.0. The highest BCUT2D eigenvalue weighted by Crippen LogP contribution is 2.24. The van der Waals surface area contributed by atoms with E-state index in [-0.39, 0.29) is 11.2 Å². The number of carbonyl (C=O) groups is 1. The van der Waals surface area contributed by atoms with E-state index < -0.39 is 5.97 Å². The molecule has 1 atom stereocenters. The maximum Gasteiger partial charge on any atom is 0.339 e. The standard InChI is InChI=1S/C12H17N3O3/c1-8-9(10(16)17)6-13-11(15-8)14-7-12(2)4-3-5-18-12/h6H,3-5,7H2,1-2H3,(H,16,17)(H,13,14,15). The van der Waals surface area contributed by atoms with E-state index in [0.29, 0.717) is 18.2 Å². The first-order valence-electron chi connectivity index (χ1n) is 5.95. The van der Waals surface area contributed by atoms with Gasteiger partial charge in [-0.2, -0.15) is 0 Å². The summed E-state index contributed by atoms with van der Waals surface area (Å²) in [6.45, 7) is 5.12. The van der Waals surface area contributed by atoms with Crippen molar-refractivity contribution in [2.75, 3.05) is 18.5 Å². The molecule has 1 fully saturated rings. The van der Waals surface area contributed by atoms with Crippen molar-refractivity contribution in [2.45, 2.75) is 32.3 Å². The Morgan fingerprint density at radius 1 is 1.67 bits per heavy atom. The lowest BCUT2D eigenvalue weighted by Gasteiger charge is -2.23. The molecule has 0 bridgehead atoms. The molecule has 0 amide bonds. The quantitative estimate of drug-likeness (QED) is 0.842. The lowest BCUT2D eigenvalue weighted by molar-refractivity contribution is 0.0314. The fourth-order valence-electron chi connectivity index (χ4n) is 2.00. The molecular weight excluding hydrogens is 234 g/mol. The van der Waals surface area contributed by atoms with Gasteiger partial charge in [-0.1, -0.05) is 0 Å². The van der Waals surface area contributed by atoms with Crippen LogP contribution in [-0.2, 0) is 4.74 Å². The number of carboxylic acids is 1. The van der Waals surface area contributed by atoms with E-state index in [1.165, 1.54) is 6.20 Å². The van der Waals surface area contributed by atoms with E-state index in [1.807, 2.05) is 6.92 Å². The van der Waals surface area contributed by atoms with E-state index in [1.54, 1.807) is 6.92 Å². The predicted octanol–water partition coefficient (Wildman–Crippen LogP) is 1.46. The lowest BCUT2D eigenvalue weighted by Crippen LogP contribution is -2.33. The molecule has 1 aliphatic rings. The number of hydrogen-bond donors (Lipinski definition) is 2. The first-order valence-corrected chi connectivity index (χ1v) is 5.95. The summed E-state index contributed by atoms with van der Waals surface area (Å²) in [6, 6.07) is 0. The van der Waals surface area contributed by atoms with Crippen molar-refractivity contribution in [1.29, 1.82) is 0 Å². The Balaban J connectivity index is 2.02. The molecule has 1 unspecified atom stereocenters. The van der Waals surface area contributed by atoms with E-state index >= 15 is 0 Å². The van der Waals surface area contributed by atoms with Crippen LogP contribution in [0.3, 0.4) is 0 Å². The number of aromatic carboxylic acids is 1. The zero-order valence-corrected chi connectivity index (χ0v) is 10.6. The van der Waals surface area contributed by atoms with Crippen LogP contribution in [0.2, 0.25) is 0 Å². The third kappa shape index (κ3) is 2.76.